The Balaban J connectivity index is 1.44. The van der Waals surface area contributed by atoms with Crippen LogP contribution in [0.5, 0.6) is 0 Å². The third kappa shape index (κ3) is 5.58. The number of nitrogens with zero attached hydrogens (tertiary/aromatic N) is 3. The Morgan fingerprint density at radius 3 is 2.22 bits per heavy atom. The summed E-state index contributed by atoms with van der Waals surface area (Å²) >= 11 is 2.16. The maximum atomic E-state index is 12.5. The maximum Gasteiger partial charge on any atom is 0.256 e. The third-order valence-electron chi connectivity index (χ3n) is 4.54. The van der Waals surface area contributed by atoms with E-state index >= 15 is 0 Å². The first-order valence-electron chi connectivity index (χ1n) is 9.94. The Morgan fingerprint density at radius 1 is 0.812 bits per heavy atom. The molecule has 0 atom stereocenters. The van der Waals surface area contributed by atoms with E-state index < -0.39 is 0 Å². The van der Waals surface area contributed by atoms with Crippen molar-refractivity contribution in [1.82, 2.24) is 15.0 Å². The molecular weight excluding hydrogens is 515 g/mol. The maximum absolute atomic E-state index is 12.5. The molecule has 0 aliphatic rings. The largest absolute Gasteiger partial charge is 0.340 e. The molecule has 4 aromatic rings. The number of carbonyl (C=O) groups is 1. The monoisotopic (exact) mass is 536 g/mol. The Kier molecular flexibility index (Phi) is 6.60. The van der Waals surface area contributed by atoms with E-state index in [2.05, 4.69) is 53.5 Å². The molecule has 32 heavy (non-hydrogen) atoms. The van der Waals surface area contributed by atoms with Gasteiger partial charge in [0.05, 0.1) is 5.56 Å². The number of aromatic nitrogens is 3. The summed E-state index contributed by atoms with van der Waals surface area (Å²) in [5, 5.41) is 9.42. The summed E-state index contributed by atoms with van der Waals surface area (Å²) in [6, 6.07) is 20.7. The summed E-state index contributed by atoms with van der Waals surface area (Å²) < 4.78 is 0.908. The first-order valence-corrected chi connectivity index (χ1v) is 11.0. The number of nitrogens with one attached hydrogen (secondary N) is 3. The van der Waals surface area contributed by atoms with Gasteiger partial charge in [-0.15, -0.1) is 0 Å². The molecule has 0 aliphatic carbocycles. The molecule has 2 aromatic heterocycles. The minimum atomic E-state index is -0.136. The highest BCUT2D eigenvalue weighted by atomic mass is 127. The highest BCUT2D eigenvalue weighted by molar-refractivity contribution is 14.1. The summed E-state index contributed by atoms with van der Waals surface area (Å²) in [4.78, 5) is 25.7. The van der Waals surface area contributed by atoms with Gasteiger partial charge in [-0.1, -0.05) is 12.1 Å². The molecule has 8 heteroatoms. The second kappa shape index (κ2) is 9.73. The predicted molar refractivity (Wildman–Crippen MR) is 136 cm³/mol. The van der Waals surface area contributed by atoms with E-state index in [1.807, 2.05) is 80.6 Å². The number of amides is 1. The van der Waals surface area contributed by atoms with Crippen LogP contribution in [0, 0.1) is 17.4 Å². The lowest BCUT2D eigenvalue weighted by molar-refractivity contribution is 0.102. The van der Waals surface area contributed by atoms with E-state index in [1.165, 1.54) is 0 Å². The molecule has 4 rings (SSSR count). The van der Waals surface area contributed by atoms with Crippen molar-refractivity contribution in [3.8, 4) is 0 Å². The normalized spacial score (nSPS) is 10.5. The number of rotatable bonds is 6. The Labute approximate surface area is 199 Å². The van der Waals surface area contributed by atoms with Crippen molar-refractivity contribution in [2.45, 2.75) is 13.8 Å². The van der Waals surface area contributed by atoms with Crippen LogP contribution in [0.25, 0.3) is 0 Å². The number of hydrogen-bond acceptors (Lipinski definition) is 6. The summed E-state index contributed by atoms with van der Waals surface area (Å²) in [5.74, 6) is 2.53. The summed E-state index contributed by atoms with van der Waals surface area (Å²) in [6.07, 6.45) is 1.75. The lowest BCUT2D eigenvalue weighted by Crippen LogP contribution is -2.13. The molecule has 0 bridgehead atoms. The van der Waals surface area contributed by atoms with Crippen LogP contribution in [0.1, 0.15) is 21.7 Å². The molecule has 0 radical (unpaired) electrons. The lowest BCUT2D eigenvalue weighted by atomic mass is 10.2. The molecular formula is C24H21IN6O. The Morgan fingerprint density at radius 2 is 1.50 bits per heavy atom. The lowest BCUT2D eigenvalue weighted by Gasteiger charge is -2.11. The average Bonchev–Trinajstić information content (AvgIpc) is 2.75. The summed E-state index contributed by atoms with van der Waals surface area (Å²) in [5.41, 5.74) is 3.32. The zero-order chi connectivity index (χ0) is 22.5. The molecule has 0 spiro atoms. The highest BCUT2D eigenvalue weighted by Gasteiger charge is 2.10. The van der Waals surface area contributed by atoms with E-state index in [-0.39, 0.29) is 5.91 Å². The smallest absolute Gasteiger partial charge is 0.256 e. The van der Waals surface area contributed by atoms with E-state index in [9.17, 15) is 4.79 Å². The van der Waals surface area contributed by atoms with Crippen LogP contribution >= 0.6 is 22.6 Å². The Bertz CT molecular complexity index is 1260. The first kappa shape index (κ1) is 21.7. The van der Waals surface area contributed by atoms with E-state index in [1.54, 1.807) is 6.20 Å². The second-order valence-corrected chi connectivity index (χ2v) is 8.33. The van der Waals surface area contributed by atoms with Crippen LogP contribution in [-0.4, -0.2) is 20.9 Å². The standard InChI is InChI=1S/C24H21IN6O/c1-15-11-12-26-21(13-15)31-23-14-22(27-16(2)28-23)29-17-7-9-18(10-8-17)30-24(32)19-5-3-4-6-20(19)25/h3-14H,1-2H3,(H,30,32)(H2,26,27,28,29,31). The molecule has 0 saturated heterocycles. The summed E-state index contributed by atoms with van der Waals surface area (Å²) in [6.45, 7) is 3.85. The summed E-state index contributed by atoms with van der Waals surface area (Å²) in [7, 11) is 0. The molecule has 1 amide bonds. The zero-order valence-electron chi connectivity index (χ0n) is 17.6. The topological polar surface area (TPSA) is 91.8 Å². The van der Waals surface area contributed by atoms with E-state index in [0.29, 0.717) is 28.7 Å². The van der Waals surface area contributed by atoms with Gasteiger partial charge in [0.15, 0.2) is 0 Å². The number of halogens is 1. The van der Waals surface area contributed by atoms with E-state index in [0.717, 1.165) is 20.6 Å². The Hall–Kier alpha value is -3.53. The quantitative estimate of drug-likeness (QED) is 0.269. The fourth-order valence-corrected chi connectivity index (χ4v) is 3.69. The predicted octanol–water partition coefficient (Wildman–Crippen LogP) is 5.83. The number of pyridine rings is 1. The van der Waals surface area contributed by atoms with Crippen molar-refractivity contribution in [2.24, 2.45) is 0 Å². The minimum absolute atomic E-state index is 0.136. The molecule has 3 N–H and O–H groups in total. The molecule has 7 nitrogen and oxygen atoms in total. The molecule has 0 aliphatic heterocycles. The second-order valence-electron chi connectivity index (χ2n) is 7.17. The van der Waals surface area contributed by atoms with Crippen LogP contribution in [0.4, 0.5) is 28.8 Å². The van der Waals surface area contributed by atoms with Gasteiger partial charge < -0.3 is 16.0 Å². The van der Waals surface area contributed by atoms with Crippen molar-refractivity contribution in [3.63, 3.8) is 0 Å². The molecule has 0 saturated carbocycles. The third-order valence-corrected chi connectivity index (χ3v) is 5.48. The minimum Gasteiger partial charge on any atom is -0.340 e. The van der Waals surface area contributed by atoms with E-state index in [4.69, 9.17) is 0 Å². The van der Waals surface area contributed by atoms with Gasteiger partial charge in [-0.05, 0) is 90.5 Å². The van der Waals surface area contributed by atoms with Crippen molar-refractivity contribution in [3.05, 3.63) is 93.4 Å². The van der Waals surface area contributed by atoms with Crippen LogP contribution in [0.2, 0.25) is 0 Å². The van der Waals surface area contributed by atoms with Gasteiger partial charge in [0.2, 0.25) is 0 Å². The average molecular weight is 536 g/mol. The van der Waals surface area contributed by atoms with Gasteiger partial charge in [-0.2, -0.15) is 0 Å². The van der Waals surface area contributed by atoms with Gasteiger partial charge in [-0.25, -0.2) is 15.0 Å². The molecule has 2 heterocycles. The molecule has 160 valence electrons. The van der Waals surface area contributed by atoms with Gasteiger partial charge in [0, 0.05) is 27.2 Å². The zero-order valence-corrected chi connectivity index (χ0v) is 19.7. The first-order chi connectivity index (χ1) is 15.5. The molecule has 0 unspecified atom stereocenters. The fourth-order valence-electron chi connectivity index (χ4n) is 3.06. The van der Waals surface area contributed by atoms with Crippen molar-refractivity contribution < 1.29 is 4.79 Å². The SMILES string of the molecule is Cc1ccnc(Nc2cc(Nc3ccc(NC(=O)c4ccccc4I)cc3)nc(C)n2)c1. The van der Waals surface area contributed by atoms with Crippen LogP contribution in [-0.2, 0) is 0 Å². The van der Waals surface area contributed by atoms with Crippen LogP contribution in [0.3, 0.4) is 0 Å². The van der Waals surface area contributed by atoms with Gasteiger partial charge in [0.1, 0.15) is 23.3 Å². The van der Waals surface area contributed by atoms with Gasteiger partial charge >= 0.3 is 0 Å². The molecule has 0 fully saturated rings. The van der Waals surface area contributed by atoms with Gasteiger partial charge in [-0.3, -0.25) is 4.79 Å². The number of aryl methyl sites for hydroxylation is 2. The number of hydrogen-bond donors (Lipinski definition) is 3. The number of benzene rings is 2. The van der Waals surface area contributed by atoms with Crippen molar-refractivity contribution in [1.29, 1.82) is 0 Å². The van der Waals surface area contributed by atoms with Crippen LogP contribution in [0.15, 0.2) is 72.9 Å². The van der Waals surface area contributed by atoms with Crippen LogP contribution < -0.4 is 16.0 Å². The van der Waals surface area contributed by atoms with Gasteiger partial charge in [0.25, 0.3) is 5.91 Å². The molecule has 2 aromatic carbocycles. The number of anilines is 5. The fraction of sp³-hybridized carbons (Fsp3) is 0.0833. The van der Waals surface area contributed by atoms with Crippen molar-refractivity contribution in [2.75, 3.05) is 16.0 Å². The number of carbonyl (C=O) groups excluding carboxylic acids is 1. The van der Waals surface area contributed by atoms with Crippen molar-refractivity contribution >= 4 is 57.3 Å². The highest BCUT2D eigenvalue weighted by Crippen LogP contribution is 2.22.